The summed E-state index contributed by atoms with van der Waals surface area (Å²) in [5, 5.41) is 4.24. The van der Waals surface area contributed by atoms with E-state index in [4.69, 9.17) is 65.1 Å². The number of rotatable bonds is 8. The summed E-state index contributed by atoms with van der Waals surface area (Å²) in [6.07, 6.45) is 9.31. The maximum Gasteiger partial charge on any atom is 0.139 e. The van der Waals surface area contributed by atoms with Crippen LogP contribution < -0.4 is 15.3 Å². The van der Waals surface area contributed by atoms with E-state index in [-0.39, 0.29) is 0 Å². The molecule has 11 heteroatoms. The minimum absolute atomic E-state index is 0.759. The van der Waals surface area contributed by atoms with Crippen molar-refractivity contribution in [2.24, 2.45) is 0 Å². The number of benzene rings is 2. The van der Waals surface area contributed by atoms with Crippen molar-refractivity contribution in [1.82, 2.24) is 0 Å². The molecule has 3 rings (SSSR count). The molecule has 0 N–H and O–H groups in total. The number of para-hydroxylation sites is 2. The Hall–Kier alpha value is 0.920. The number of ether oxygens (including phenoxy) is 1. The third-order valence-electron chi connectivity index (χ3n) is 7.13. The van der Waals surface area contributed by atoms with Crippen LogP contribution in [0.3, 0.4) is 0 Å². The zero-order chi connectivity index (χ0) is 29.2. The van der Waals surface area contributed by atoms with Crippen molar-refractivity contribution < 1.29 is 4.74 Å². The average Bonchev–Trinajstić information content (AvgIpc) is 2.77. The van der Waals surface area contributed by atoms with Crippen LogP contribution >= 0.6 is 38.0 Å². The first-order chi connectivity index (χ1) is 17.1. The molecule has 2 aromatic rings. The van der Waals surface area contributed by atoms with Crippen molar-refractivity contribution in [2.45, 2.75) is 5.41 Å². The zero-order valence-corrected chi connectivity index (χ0v) is 32.5. The highest BCUT2D eigenvalue weighted by molar-refractivity contribution is 8.53. The van der Waals surface area contributed by atoms with Gasteiger partial charge in [-0.25, -0.2) is 0 Å². The molecule has 0 aromatic heterocycles. The van der Waals surface area contributed by atoms with Gasteiger partial charge in [-0.3, -0.25) is 0 Å². The standard InChI is InChI=1S/C27H40OP6S4/c1-19(31(5,6)35)27(20(2)32(7,8)36)21-15-13-17-23(29(3)33(9,10)37)25(21)28-26-22(27)16-14-18-24(26)30(4)34(11,12)38/h13-18,29-30H,1-4H2,5-12H3. The smallest absolute Gasteiger partial charge is 0.139 e. The molecule has 1 heterocycles. The molecule has 1 aliphatic rings. The largest absolute Gasteiger partial charge is 0.455 e. The molecule has 0 aliphatic carbocycles. The van der Waals surface area contributed by atoms with Crippen LogP contribution in [-0.2, 0) is 52.6 Å². The second-order valence-electron chi connectivity index (χ2n) is 11.4. The van der Waals surface area contributed by atoms with Crippen molar-refractivity contribution >= 4 is 108 Å². The topological polar surface area (TPSA) is 9.23 Å². The van der Waals surface area contributed by atoms with E-state index >= 15 is 0 Å². The number of allylic oxidation sites excluding steroid dienone is 2. The van der Waals surface area contributed by atoms with E-state index in [1.807, 2.05) is 0 Å². The molecule has 2 atom stereocenters. The number of fused-ring (bicyclic) bond motifs is 2. The van der Waals surface area contributed by atoms with E-state index in [1.54, 1.807) is 0 Å². The Balaban J connectivity index is 2.69. The quantitative estimate of drug-likeness (QED) is 0.256. The molecule has 208 valence electrons. The average molecular weight is 695 g/mol. The summed E-state index contributed by atoms with van der Waals surface area (Å²) < 4.78 is 7.04. The van der Waals surface area contributed by atoms with Crippen LogP contribution in [0.1, 0.15) is 11.1 Å². The number of hydrogen-bond donors (Lipinski definition) is 0. The summed E-state index contributed by atoms with van der Waals surface area (Å²) in [6.45, 7) is 26.9. The first-order valence-corrected chi connectivity index (χ1v) is 31.9. The van der Waals surface area contributed by atoms with Crippen LogP contribution in [0.15, 0.2) is 60.2 Å². The van der Waals surface area contributed by atoms with E-state index in [2.05, 4.69) is 102 Å². The van der Waals surface area contributed by atoms with Gasteiger partial charge < -0.3 is 4.74 Å². The predicted molar refractivity (Wildman–Crippen MR) is 207 cm³/mol. The fourth-order valence-corrected chi connectivity index (χ4v) is 17.0. The van der Waals surface area contributed by atoms with E-state index < -0.39 is 43.4 Å². The highest BCUT2D eigenvalue weighted by Crippen LogP contribution is 2.72. The Morgan fingerprint density at radius 3 is 1.24 bits per heavy atom. The molecule has 1 nitrogen and oxygen atoms in total. The van der Waals surface area contributed by atoms with Crippen molar-refractivity contribution in [1.29, 1.82) is 0 Å². The lowest BCUT2D eigenvalue weighted by molar-refractivity contribution is 0.445. The lowest BCUT2D eigenvalue weighted by Crippen LogP contribution is -2.37. The monoisotopic (exact) mass is 694 g/mol. The first kappa shape index (κ1) is 33.4. The van der Waals surface area contributed by atoms with E-state index in [1.165, 1.54) is 0 Å². The Bertz CT molecular complexity index is 1490. The van der Waals surface area contributed by atoms with Gasteiger partial charge in [-0.1, -0.05) is 124 Å². The molecule has 0 spiro atoms. The minimum Gasteiger partial charge on any atom is -0.455 e. The van der Waals surface area contributed by atoms with Gasteiger partial charge in [0, 0.05) is 21.7 Å². The van der Waals surface area contributed by atoms with Gasteiger partial charge in [-0.15, -0.1) is 0 Å². The molecule has 0 fully saturated rings. The van der Waals surface area contributed by atoms with Crippen LogP contribution in [0.5, 0.6) is 11.5 Å². The van der Waals surface area contributed by atoms with E-state index in [0.717, 1.165) is 43.9 Å². The van der Waals surface area contributed by atoms with E-state index in [9.17, 15) is 0 Å². The van der Waals surface area contributed by atoms with Gasteiger partial charge in [0.2, 0.25) is 0 Å². The first-order valence-electron chi connectivity index (χ1n) is 12.0. The minimum atomic E-state index is -2.02. The number of hydrogen-bond acceptors (Lipinski definition) is 5. The van der Waals surface area contributed by atoms with Crippen molar-refractivity contribution in [3.8, 4) is 11.5 Å². The lowest BCUT2D eigenvalue weighted by Gasteiger charge is -2.48. The van der Waals surface area contributed by atoms with Gasteiger partial charge >= 0.3 is 0 Å². The lowest BCUT2D eigenvalue weighted by atomic mass is 9.72. The Morgan fingerprint density at radius 2 is 0.974 bits per heavy atom. The van der Waals surface area contributed by atoms with Gasteiger partial charge in [0.15, 0.2) is 0 Å². The van der Waals surface area contributed by atoms with Crippen LogP contribution in [0.2, 0.25) is 0 Å². The van der Waals surface area contributed by atoms with Gasteiger partial charge in [-0.05, 0) is 87.5 Å². The van der Waals surface area contributed by atoms with Gasteiger partial charge in [-0.2, -0.15) is 0 Å². The summed E-state index contributed by atoms with van der Waals surface area (Å²) >= 11 is 24.5. The molecule has 1 aliphatic heterocycles. The van der Waals surface area contributed by atoms with Gasteiger partial charge in [0.25, 0.3) is 0 Å². The molecular formula is C27H40OP6S4. The van der Waals surface area contributed by atoms with Crippen molar-refractivity contribution in [2.75, 3.05) is 53.3 Å². The van der Waals surface area contributed by atoms with Gasteiger partial charge in [0.1, 0.15) is 11.5 Å². The van der Waals surface area contributed by atoms with Crippen LogP contribution in [-0.4, -0.2) is 65.9 Å². The highest BCUT2D eigenvalue weighted by Gasteiger charge is 2.51. The Morgan fingerprint density at radius 1 is 0.658 bits per heavy atom. The highest BCUT2D eigenvalue weighted by atomic mass is 32.6. The second-order valence-corrected chi connectivity index (χ2v) is 49.0. The molecule has 0 saturated carbocycles. The molecule has 0 saturated heterocycles. The molecule has 2 unspecified atom stereocenters. The normalized spacial score (nSPS) is 16.9. The summed E-state index contributed by atoms with van der Waals surface area (Å²) in [6, 6.07) is 8.81. The molecular weight excluding hydrogens is 654 g/mol. The fraction of sp³-hybridized carbons (Fsp3) is 0.333. The Kier molecular flexibility index (Phi) is 9.85. The molecule has 0 amide bonds. The third kappa shape index (κ3) is 6.02. The van der Waals surface area contributed by atoms with Crippen LogP contribution in [0, 0.1) is 0 Å². The molecule has 2 aromatic carbocycles. The summed E-state index contributed by atoms with van der Waals surface area (Å²) in [4.78, 5) is 0. The third-order valence-corrected chi connectivity index (χ3v) is 29.6. The predicted octanol–water partition coefficient (Wildman–Crippen LogP) is 8.44. The van der Waals surface area contributed by atoms with E-state index in [0.29, 0.717) is 0 Å². The molecule has 0 bridgehead atoms. The second kappa shape index (κ2) is 11.2. The van der Waals surface area contributed by atoms with Crippen LogP contribution in [0.25, 0.3) is 0 Å². The maximum atomic E-state index is 7.04. The summed E-state index contributed by atoms with van der Waals surface area (Å²) in [5.74, 6) is 1.69. The van der Waals surface area contributed by atoms with Crippen LogP contribution in [0.4, 0.5) is 0 Å². The SMILES string of the molecule is C=C(C1(C(=C)P(C)(C)=S)c2cccc([PH](=C)P(C)(C)=S)c2Oc2c([PH](=C)P(C)(C)=S)cccc21)P(C)(C)=S. The van der Waals surface area contributed by atoms with Gasteiger partial charge in [0.05, 0.1) is 5.41 Å². The summed E-state index contributed by atoms with van der Waals surface area (Å²) in [5.41, 5.74) is -2.03. The summed E-state index contributed by atoms with van der Waals surface area (Å²) in [7, 11) is -2.64. The Labute approximate surface area is 252 Å². The maximum absolute atomic E-state index is 7.04. The molecule has 38 heavy (non-hydrogen) atoms. The van der Waals surface area contributed by atoms with Crippen molar-refractivity contribution in [3.05, 3.63) is 71.3 Å². The van der Waals surface area contributed by atoms with Crippen molar-refractivity contribution in [3.63, 3.8) is 0 Å². The zero-order valence-electron chi connectivity index (χ0n) is 23.6. The molecule has 0 radical (unpaired) electrons. The fourth-order valence-electron chi connectivity index (χ4n) is 4.76.